The molecule has 2 N–H and O–H groups in total. The lowest BCUT2D eigenvalue weighted by Crippen LogP contribution is -2.37. The van der Waals surface area contributed by atoms with E-state index in [4.69, 9.17) is 5.73 Å². The summed E-state index contributed by atoms with van der Waals surface area (Å²) in [5.41, 5.74) is 5.45. The van der Waals surface area contributed by atoms with Crippen LogP contribution in [0.5, 0.6) is 0 Å². The minimum Gasteiger partial charge on any atom is -0.330 e. The average Bonchev–Trinajstić information content (AvgIpc) is 2.01. The standard InChI is InChI=1S/C8H18N2S/c1-8-7-10(4-2-3-9)5-6-11-8/h8H,2-7,9H2,1H3. The van der Waals surface area contributed by atoms with E-state index in [9.17, 15) is 0 Å². The fourth-order valence-electron chi connectivity index (χ4n) is 1.41. The van der Waals surface area contributed by atoms with Gasteiger partial charge in [-0.2, -0.15) is 11.8 Å². The first-order valence-electron chi connectivity index (χ1n) is 4.37. The number of hydrogen-bond donors (Lipinski definition) is 1. The van der Waals surface area contributed by atoms with Crippen LogP contribution in [0.15, 0.2) is 0 Å². The molecule has 1 unspecified atom stereocenters. The van der Waals surface area contributed by atoms with Crippen LogP contribution >= 0.6 is 11.8 Å². The molecule has 0 aromatic heterocycles. The van der Waals surface area contributed by atoms with Gasteiger partial charge in [0.25, 0.3) is 0 Å². The lowest BCUT2D eigenvalue weighted by Gasteiger charge is -2.30. The molecule has 0 aromatic rings. The molecule has 3 heteroatoms. The van der Waals surface area contributed by atoms with Crippen molar-refractivity contribution in [2.24, 2.45) is 5.73 Å². The molecule has 66 valence electrons. The van der Waals surface area contributed by atoms with Crippen LogP contribution in [0.4, 0.5) is 0 Å². The highest BCUT2D eigenvalue weighted by Gasteiger charge is 2.15. The Labute approximate surface area is 73.5 Å². The lowest BCUT2D eigenvalue weighted by molar-refractivity contribution is 0.284. The summed E-state index contributed by atoms with van der Waals surface area (Å²) in [5.74, 6) is 1.30. The van der Waals surface area contributed by atoms with Crippen molar-refractivity contribution in [2.75, 3.05) is 31.9 Å². The van der Waals surface area contributed by atoms with Gasteiger partial charge in [-0.1, -0.05) is 6.92 Å². The van der Waals surface area contributed by atoms with Gasteiger partial charge in [0.2, 0.25) is 0 Å². The van der Waals surface area contributed by atoms with Gasteiger partial charge in [0, 0.05) is 24.1 Å². The second kappa shape index (κ2) is 5.01. The van der Waals surface area contributed by atoms with Crippen LogP contribution in [-0.4, -0.2) is 42.1 Å². The fraction of sp³-hybridized carbons (Fsp3) is 1.00. The van der Waals surface area contributed by atoms with Crippen LogP contribution < -0.4 is 5.73 Å². The van der Waals surface area contributed by atoms with E-state index in [0.717, 1.165) is 18.2 Å². The van der Waals surface area contributed by atoms with E-state index in [1.807, 2.05) is 0 Å². The van der Waals surface area contributed by atoms with Crippen molar-refractivity contribution in [1.82, 2.24) is 4.90 Å². The maximum atomic E-state index is 5.45. The zero-order valence-electron chi connectivity index (χ0n) is 7.25. The van der Waals surface area contributed by atoms with Crippen LogP contribution in [0.2, 0.25) is 0 Å². The molecular weight excluding hydrogens is 156 g/mol. The van der Waals surface area contributed by atoms with Gasteiger partial charge in [0.05, 0.1) is 0 Å². The van der Waals surface area contributed by atoms with Crippen molar-refractivity contribution < 1.29 is 0 Å². The van der Waals surface area contributed by atoms with E-state index in [-0.39, 0.29) is 0 Å². The van der Waals surface area contributed by atoms with Crippen LogP contribution in [0, 0.1) is 0 Å². The van der Waals surface area contributed by atoms with Crippen molar-refractivity contribution >= 4 is 11.8 Å². The Bertz CT molecular complexity index is 108. The first-order valence-corrected chi connectivity index (χ1v) is 5.42. The van der Waals surface area contributed by atoms with E-state index in [1.165, 1.54) is 25.4 Å². The van der Waals surface area contributed by atoms with Gasteiger partial charge in [-0.25, -0.2) is 0 Å². The second-order valence-corrected chi connectivity index (χ2v) is 4.67. The zero-order chi connectivity index (χ0) is 8.10. The monoisotopic (exact) mass is 174 g/mol. The summed E-state index contributed by atoms with van der Waals surface area (Å²) < 4.78 is 0. The predicted molar refractivity (Wildman–Crippen MR) is 52.0 cm³/mol. The number of rotatable bonds is 3. The molecule has 1 aliphatic heterocycles. The van der Waals surface area contributed by atoms with Crippen molar-refractivity contribution in [2.45, 2.75) is 18.6 Å². The Hall–Kier alpha value is 0.270. The third kappa shape index (κ3) is 3.45. The quantitative estimate of drug-likeness (QED) is 0.685. The molecule has 1 saturated heterocycles. The van der Waals surface area contributed by atoms with E-state index in [0.29, 0.717) is 0 Å². The predicted octanol–water partition coefficient (Wildman–Crippen LogP) is 0.773. The number of hydrogen-bond acceptors (Lipinski definition) is 3. The van der Waals surface area contributed by atoms with Crippen LogP contribution in [0.25, 0.3) is 0 Å². The fourth-order valence-corrected chi connectivity index (χ4v) is 2.49. The minimum absolute atomic E-state index is 0.821. The molecule has 0 bridgehead atoms. The van der Waals surface area contributed by atoms with Gasteiger partial charge in [-0.3, -0.25) is 0 Å². The van der Waals surface area contributed by atoms with E-state index >= 15 is 0 Å². The maximum absolute atomic E-state index is 5.45. The lowest BCUT2D eigenvalue weighted by atomic mass is 10.3. The average molecular weight is 174 g/mol. The first kappa shape index (κ1) is 9.36. The molecule has 11 heavy (non-hydrogen) atoms. The number of nitrogens with zero attached hydrogens (tertiary/aromatic N) is 1. The molecule has 0 radical (unpaired) electrons. The molecule has 0 saturated carbocycles. The Morgan fingerprint density at radius 3 is 3.09 bits per heavy atom. The molecule has 1 fully saturated rings. The summed E-state index contributed by atoms with van der Waals surface area (Å²) in [6, 6.07) is 0. The van der Waals surface area contributed by atoms with Crippen molar-refractivity contribution in [1.29, 1.82) is 0 Å². The molecule has 1 heterocycles. The Morgan fingerprint density at radius 2 is 2.45 bits per heavy atom. The summed E-state index contributed by atoms with van der Waals surface area (Å²) in [7, 11) is 0. The molecule has 2 nitrogen and oxygen atoms in total. The molecule has 1 aliphatic rings. The molecule has 0 aliphatic carbocycles. The van der Waals surface area contributed by atoms with Gasteiger partial charge in [0.15, 0.2) is 0 Å². The molecule has 0 aromatic carbocycles. The summed E-state index contributed by atoms with van der Waals surface area (Å²) in [6.45, 7) is 6.85. The smallest absolute Gasteiger partial charge is 0.0147 e. The van der Waals surface area contributed by atoms with E-state index in [2.05, 4.69) is 23.6 Å². The van der Waals surface area contributed by atoms with Crippen molar-refractivity contribution in [3.05, 3.63) is 0 Å². The largest absolute Gasteiger partial charge is 0.330 e. The highest BCUT2D eigenvalue weighted by Crippen LogP contribution is 2.17. The van der Waals surface area contributed by atoms with E-state index in [1.54, 1.807) is 0 Å². The maximum Gasteiger partial charge on any atom is 0.0147 e. The second-order valence-electron chi connectivity index (χ2n) is 3.12. The van der Waals surface area contributed by atoms with Gasteiger partial charge in [-0.15, -0.1) is 0 Å². The summed E-state index contributed by atoms with van der Waals surface area (Å²) in [4.78, 5) is 2.52. The third-order valence-corrected chi connectivity index (χ3v) is 3.14. The van der Waals surface area contributed by atoms with E-state index < -0.39 is 0 Å². The summed E-state index contributed by atoms with van der Waals surface area (Å²) in [5, 5.41) is 0.821. The Balaban J connectivity index is 2.12. The van der Waals surface area contributed by atoms with Gasteiger partial charge < -0.3 is 10.6 Å². The highest BCUT2D eigenvalue weighted by molar-refractivity contribution is 7.99. The summed E-state index contributed by atoms with van der Waals surface area (Å²) >= 11 is 2.08. The van der Waals surface area contributed by atoms with Gasteiger partial charge >= 0.3 is 0 Å². The van der Waals surface area contributed by atoms with Crippen LogP contribution in [0.1, 0.15) is 13.3 Å². The van der Waals surface area contributed by atoms with Crippen molar-refractivity contribution in [3.63, 3.8) is 0 Å². The molecule has 1 rings (SSSR count). The van der Waals surface area contributed by atoms with Crippen molar-refractivity contribution in [3.8, 4) is 0 Å². The van der Waals surface area contributed by atoms with Crippen LogP contribution in [0.3, 0.4) is 0 Å². The minimum atomic E-state index is 0.821. The molecular formula is C8H18N2S. The first-order chi connectivity index (χ1) is 5.33. The van der Waals surface area contributed by atoms with Gasteiger partial charge in [-0.05, 0) is 19.5 Å². The highest BCUT2D eigenvalue weighted by atomic mass is 32.2. The topological polar surface area (TPSA) is 29.3 Å². The number of nitrogens with two attached hydrogens (primary N) is 1. The van der Waals surface area contributed by atoms with Crippen LogP contribution in [-0.2, 0) is 0 Å². The Morgan fingerprint density at radius 1 is 1.64 bits per heavy atom. The zero-order valence-corrected chi connectivity index (χ0v) is 8.07. The normalized spacial score (nSPS) is 27.3. The molecule has 1 atom stereocenters. The number of thioether (sulfide) groups is 1. The third-order valence-electron chi connectivity index (χ3n) is 2.00. The van der Waals surface area contributed by atoms with Gasteiger partial charge in [0.1, 0.15) is 0 Å². The molecule has 0 amide bonds. The Kier molecular flexibility index (Phi) is 4.26. The SMILES string of the molecule is CC1CN(CCCN)CCS1. The summed E-state index contributed by atoms with van der Waals surface area (Å²) in [6.07, 6.45) is 1.15. The molecule has 0 spiro atoms.